The SMILES string of the molecule is Cc1ccc(S(=O)(=O)N2CCC(Nc3nnnn3-c3ccccc3)CC2)cc1. The number of nitrogens with zero attached hydrogens (tertiary/aromatic N) is 5. The van der Waals surface area contributed by atoms with Crippen LogP contribution in [0.25, 0.3) is 5.69 Å². The van der Waals surface area contributed by atoms with Crippen LogP contribution in [-0.4, -0.2) is 52.1 Å². The molecule has 146 valence electrons. The molecule has 1 saturated heterocycles. The van der Waals surface area contributed by atoms with Gasteiger partial charge in [0, 0.05) is 19.1 Å². The van der Waals surface area contributed by atoms with E-state index in [1.165, 1.54) is 0 Å². The molecule has 3 aromatic rings. The number of rotatable bonds is 5. The van der Waals surface area contributed by atoms with E-state index in [1.54, 1.807) is 21.1 Å². The topological polar surface area (TPSA) is 93.0 Å². The van der Waals surface area contributed by atoms with E-state index in [2.05, 4.69) is 20.8 Å². The largest absolute Gasteiger partial charge is 0.350 e. The summed E-state index contributed by atoms with van der Waals surface area (Å²) in [7, 11) is -3.46. The van der Waals surface area contributed by atoms with Gasteiger partial charge in [0.2, 0.25) is 16.0 Å². The number of aryl methyl sites for hydroxylation is 1. The number of piperidine rings is 1. The summed E-state index contributed by atoms with van der Waals surface area (Å²) in [5.41, 5.74) is 1.91. The first kappa shape index (κ1) is 18.6. The lowest BCUT2D eigenvalue weighted by Gasteiger charge is -2.31. The molecule has 28 heavy (non-hydrogen) atoms. The number of hydrogen-bond acceptors (Lipinski definition) is 6. The molecule has 1 fully saturated rings. The van der Waals surface area contributed by atoms with Crippen LogP contribution in [0.5, 0.6) is 0 Å². The Labute approximate surface area is 164 Å². The Bertz CT molecular complexity index is 1030. The second kappa shape index (κ2) is 7.69. The van der Waals surface area contributed by atoms with Gasteiger partial charge < -0.3 is 5.32 Å². The van der Waals surface area contributed by atoms with E-state index in [0.717, 1.165) is 11.3 Å². The number of para-hydroxylation sites is 1. The minimum atomic E-state index is -3.46. The van der Waals surface area contributed by atoms with E-state index in [9.17, 15) is 8.42 Å². The van der Waals surface area contributed by atoms with Crippen LogP contribution in [0, 0.1) is 6.92 Å². The highest BCUT2D eigenvalue weighted by molar-refractivity contribution is 7.89. The van der Waals surface area contributed by atoms with E-state index in [-0.39, 0.29) is 6.04 Å². The van der Waals surface area contributed by atoms with Crippen LogP contribution in [0.3, 0.4) is 0 Å². The lowest BCUT2D eigenvalue weighted by molar-refractivity contribution is 0.329. The van der Waals surface area contributed by atoms with Crippen LogP contribution in [0.15, 0.2) is 59.5 Å². The third-order valence-corrected chi connectivity index (χ3v) is 6.83. The monoisotopic (exact) mass is 398 g/mol. The van der Waals surface area contributed by atoms with E-state index < -0.39 is 10.0 Å². The molecule has 0 aliphatic carbocycles. The van der Waals surface area contributed by atoms with Crippen molar-refractivity contribution in [1.29, 1.82) is 0 Å². The summed E-state index contributed by atoms with van der Waals surface area (Å²) in [4.78, 5) is 0.345. The molecule has 0 unspecified atom stereocenters. The van der Waals surface area contributed by atoms with E-state index in [0.29, 0.717) is 36.8 Å². The number of benzene rings is 2. The second-order valence-corrected chi connectivity index (χ2v) is 8.82. The molecule has 1 N–H and O–H groups in total. The van der Waals surface area contributed by atoms with Gasteiger partial charge in [0.15, 0.2) is 0 Å². The van der Waals surface area contributed by atoms with E-state index in [4.69, 9.17) is 0 Å². The van der Waals surface area contributed by atoms with Crippen LogP contribution in [0.2, 0.25) is 0 Å². The fourth-order valence-electron chi connectivity index (χ4n) is 3.30. The summed E-state index contributed by atoms with van der Waals surface area (Å²) in [5.74, 6) is 0.561. The van der Waals surface area contributed by atoms with Crippen molar-refractivity contribution in [3.8, 4) is 5.69 Å². The van der Waals surface area contributed by atoms with E-state index in [1.807, 2.05) is 49.4 Å². The zero-order valence-corrected chi connectivity index (χ0v) is 16.4. The predicted molar refractivity (Wildman–Crippen MR) is 106 cm³/mol. The van der Waals surface area contributed by atoms with Crippen LogP contribution < -0.4 is 5.32 Å². The van der Waals surface area contributed by atoms with Crippen molar-refractivity contribution in [2.45, 2.75) is 30.7 Å². The minimum absolute atomic E-state index is 0.109. The van der Waals surface area contributed by atoms with Gasteiger partial charge in [0.05, 0.1) is 10.6 Å². The molecule has 0 radical (unpaired) electrons. The van der Waals surface area contributed by atoms with Crippen molar-refractivity contribution in [1.82, 2.24) is 24.5 Å². The lowest BCUT2D eigenvalue weighted by atomic mass is 10.1. The fourth-order valence-corrected chi connectivity index (χ4v) is 4.77. The molecule has 0 saturated carbocycles. The van der Waals surface area contributed by atoms with Gasteiger partial charge >= 0.3 is 0 Å². The minimum Gasteiger partial charge on any atom is -0.350 e. The predicted octanol–water partition coefficient (Wildman–Crippen LogP) is 2.24. The van der Waals surface area contributed by atoms with Crippen LogP contribution in [0.4, 0.5) is 5.95 Å². The molecular formula is C19H22N6O2S. The van der Waals surface area contributed by atoms with Gasteiger partial charge in [-0.3, -0.25) is 0 Å². The summed E-state index contributed by atoms with van der Waals surface area (Å²) in [5, 5.41) is 15.2. The lowest BCUT2D eigenvalue weighted by Crippen LogP contribution is -2.42. The Balaban J connectivity index is 1.42. The highest BCUT2D eigenvalue weighted by atomic mass is 32.2. The first-order valence-corrected chi connectivity index (χ1v) is 10.7. The van der Waals surface area contributed by atoms with Gasteiger partial charge in [-0.05, 0) is 54.5 Å². The standard InChI is InChI=1S/C19H22N6O2S/c1-15-7-9-18(10-8-15)28(26,27)24-13-11-16(12-14-24)20-19-21-22-23-25(19)17-5-3-2-4-6-17/h2-10,16H,11-14H2,1H3,(H,20,21,23). The first-order valence-electron chi connectivity index (χ1n) is 9.21. The second-order valence-electron chi connectivity index (χ2n) is 6.89. The molecule has 0 atom stereocenters. The molecule has 2 aromatic carbocycles. The molecule has 1 aliphatic heterocycles. The molecular weight excluding hydrogens is 376 g/mol. The van der Waals surface area contributed by atoms with Crippen molar-refractivity contribution in [2.75, 3.05) is 18.4 Å². The maximum absolute atomic E-state index is 12.8. The number of nitrogens with one attached hydrogen (secondary N) is 1. The summed E-state index contributed by atoms with van der Waals surface area (Å²) >= 11 is 0. The molecule has 8 nitrogen and oxygen atoms in total. The average Bonchev–Trinajstić information content (AvgIpc) is 3.17. The Morgan fingerprint density at radius 3 is 2.36 bits per heavy atom. The maximum Gasteiger partial charge on any atom is 0.247 e. The van der Waals surface area contributed by atoms with Crippen molar-refractivity contribution in [3.63, 3.8) is 0 Å². The Hall–Kier alpha value is -2.78. The normalized spacial score (nSPS) is 16.2. The van der Waals surface area contributed by atoms with Crippen LogP contribution in [-0.2, 0) is 10.0 Å². The number of hydrogen-bond donors (Lipinski definition) is 1. The maximum atomic E-state index is 12.8. The smallest absolute Gasteiger partial charge is 0.247 e. The summed E-state index contributed by atoms with van der Waals surface area (Å²) < 4.78 is 28.9. The molecule has 0 spiro atoms. The number of tetrazole rings is 1. The number of anilines is 1. The summed E-state index contributed by atoms with van der Waals surface area (Å²) in [6.45, 7) is 2.86. The van der Waals surface area contributed by atoms with Gasteiger partial charge in [0.1, 0.15) is 0 Å². The molecule has 1 aliphatic rings. The molecule has 0 amide bonds. The first-order chi connectivity index (χ1) is 13.5. The van der Waals surface area contributed by atoms with Crippen LogP contribution in [0.1, 0.15) is 18.4 Å². The van der Waals surface area contributed by atoms with Gasteiger partial charge in [-0.25, -0.2) is 8.42 Å². The van der Waals surface area contributed by atoms with Gasteiger partial charge in [-0.15, -0.1) is 0 Å². The number of aromatic nitrogens is 4. The highest BCUT2D eigenvalue weighted by Crippen LogP contribution is 2.23. The van der Waals surface area contributed by atoms with Gasteiger partial charge in [-0.1, -0.05) is 41.0 Å². The Kier molecular flexibility index (Phi) is 5.10. The Morgan fingerprint density at radius 2 is 1.68 bits per heavy atom. The van der Waals surface area contributed by atoms with Gasteiger partial charge in [-0.2, -0.15) is 8.99 Å². The van der Waals surface area contributed by atoms with Crippen molar-refractivity contribution in [2.24, 2.45) is 0 Å². The third kappa shape index (κ3) is 3.76. The molecule has 1 aromatic heterocycles. The molecule has 4 rings (SSSR count). The van der Waals surface area contributed by atoms with Crippen molar-refractivity contribution >= 4 is 16.0 Å². The molecule has 9 heteroatoms. The van der Waals surface area contributed by atoms with Gasteiger partial charge in [0.25, 0.3) is 0 Å². The fraction of sp³-hybridized carbons (Fsp3) is 0.316. The highest BCUT2D eigenvalue weighted by Gasteiger charge is 2.30. The Morgan fingerprint density at radius 1 is 1.00 bits per heavy atom. The average molecular weight is 398 g/mol. The van der Waals surface area contributed by atoms with Crippen molar-refractivity contribution in [3.05, 3.63) is 60.2 Å². The van der Waals surface area contributed by atoms with E-state index >= 15 is 0 Å². The zero-order chi connectivity index (χ0) is 19.6. The summed E-state index contributed by atoms with van der Waals surface area (Å²) in [6.07, 6.45) is 1.37. The number of sulfonamides is 1. The summed E-state index contributed by atoms with van der Waals surface area (Å²) in [6, 6.07) is 16.7. The zero-order valence-electron chi connectivity index (χ0n) is 15.6. The molecule has 0 bridgehead atoms. The third-order valence-electron chi connectivity index (χ3n) is 4.92. The van der Waals surface area contributed by atoms with Crippen LogP contribution >= 0.6 is 0 Å². The quantitative estimate of drug-likeness (QED) is 0.708. The van der Waals surface area contributed by atoms with Crippen molar-refractivity contribution < 1.29 is 8.42 Å². The molecule has 2 heterocycles.